The van der Waals surface area contributed by atoms with Gasteiger partial charge in [-0.15, -0.1) is 0 Å². The first-order valence-corrected chi connectivity index (χ1v) is 11.1. The van der Waals surface area contributed by atoms with Gasteiger partial charge in [0.1, 0.15) is 17.5 Å². The predicted octanol–water partition coefficient (Wildman–Crippen LogP) is 6.21. The van der Waals surface area contributed by atoms with Crippen molar-refractivity contribution >= 4 is 28.2 Å². The molecule has 0 saturated carbocycles. The maximum atomic E-state index is 15.0. The second-order valence-corrected chi connectivity index (χ2v) is 7.45. The van der Waals surface area contributed by atoms with E-state index in [0.29, 0.717) is 54.5 Å². The molecule has 0 aliphatic carbocycles. The number of nitrogens with one attached hydrogen (secondary N) is 1. The molecule has 0 unspecified atom stereocenters. The van der Waals surface area contributed by atoms with Crippen molar-refractivity contribution in [1.29, 1.82) is 0 Å². The molecule has 1 fully saturated rings. The van der Waals surface area contributed by atoms with Crippen LogP contribution in [0.5, 0.6) is 0 Å². The van der Waals surface area contributed by atoms with Crippen LogP contribution in [0.25, 0.3) is 16.7 Å². The van der Waals surface area contributed by atoms with E-state index >= 15 is 4.39 Å². The van der Waals surface area contributed by atoms with Gasteiger partial charge >= 0.3 is 0 Å². The van der Waals surface area contributed by atoms with Crippen molar-refractivity contribution in [2.75, 3.05) is 36.5 Å². The molecular weight excluding hydrogens is 462 g/mol. The van der Waals surface area contributed by atoms with Crippen LogP contribution in [0, 0.1) is 11.6 Å². The molecular formula is C25H29F4N5O. The van der Waals surface area contributed by atoms with Crippen LogP contribution in [0.1, 0.15) is 38.8 Å². The molecule has 2 aromatic carbocycles. The van der Waals surface area contributed by atoms with E-state index in [1.54, 1.807) is 22.9 Å². The van der Waals surface area contributed by atoms with E-state index in [4.69, 9.17) is 4.74 Å². The maximum absolute atomic E-state index is 15.0. The predicted molar refractivity (Wildman–Crippen MR) is 130 cm³/mol. The van der Waals surface area contributed by atoms with Crippen molar-refractivity contribution in [3.63, 3.8) is 0 Å². The first-order chi connectivity index (χ1) is 16.5. The van der Waals surface area contributed by atoms with Crippen LogP contribution in [0.15, 0.2) is 42.7 Å². The van der Waals surface area contributed by atoms with E-state index < -0.39 is 17.8 Å². The van der Waals surface area contributed by atoms with E-state index in [0.717, 1.165) is 6.07 Å². The largest absolute Gasteiger partial charge is 0.378 e. The lowest BCUT2D eigenvalue weighted by atomic mass is 10.1. The fraction of sp³-hybridized carbons (Fsp3) is 0.360. The maximum Gasteiger partial charge on any atom is 0.266 e. The zero-order valence-electron chi connectivity index (χ0n) is 18.9. The van der Waals surface area contributed by atoms with Gasteiger partial charge in [0.25, 0.3) is 6.43 Å². The Morgan fingerprint density at radius 3 is 2.57 bits per heavy atom. The number of benzene rings is 2. The summed E-state index contributed by atoms with van der Waals surface area (Å²) in [5, 5.41) is 3.63. The van der Waals surface area contributed by atoms with Gasteiger partial charge in [-0.3, -0.25) is 4.40 Å². The Kier molecular flexibility index (Phi) is 8.50. The number of rotatable bonds is 5. The van der Waals surface area contributed by atoms with Crippen molar-refractivity contribution in [1.82, 2.24) is 14.4 Å². The molecule has 1 aliphatic rings. The van der Waals surface area contributed by atoms with Gasteiger partial charge in [-0.2, -0.15) is 4.98 Å². The third-order valence-corrected chi connectivity index (χ3v) is 5.55. The number of imidazole rings is 1. The third-order valence-electron chi connectivity index (χ3n) is 5.55. The Balaban J connectivity index is 0.00000111. The number of ether oxygens (including phenoxy) is 1. The van der Waals surface area contributed by atoms with Crippen LogP contribution in [-0.2, 0) is 11.3 Å². The Labute approximate surface area is 201 Å². The fourth-order valence-electron chi connectivity index (χ4n) is 3.93. The second kappa shape index (κ2) is 11.4. The van der Waals surface area contributed by atoms with Gasteiger partial charge in [0.15, 0.2) is 0 Å². The highest BCUT2D eigenvalue weighted by atomic mass is 19.3. The second-order valence-electron chi connectivity index (χ2n) is 7.45. The lowest BCUT2D eigenvalue weighted by Gasteiger charge is -2.29. The normalized spacial score (nSPS) is 13.5. The molecule has 10 heteroatoms. The number of aromatic nitrogens is 3. The summed E-state index contributed by atoms with van der Waals surface area (Å²) in [5.41, 5.74) is 0.376. The van der Waals surface area contributed by atoms with Crippen molar-refractivity contribution in [3.05, 3.63) is 65.5 Å². The number of hydrogen-bond donors (Lipinski definition) is 1. The Morgan fingerprint density at radius 2 is 1.86 bits per heavy atom. The molecule has 1 N–H and O–H groups in total. The van der Waals surface area contributed by atoms with E-state index in [1.165, 1.54) is 18.2 Å². The summed E-state index contributed by atoms with van der Waals surface area (Å²) < 4.78 is 62.6. The molecule has 5 rings (SSSR count). The van der Waals surface area contributed by atoms with Gasteiger partial charge in [0, 0.05) is 49.0 Å². The van der Waals surface area contributed by atoms with Crippen molar-refractivity contribution in [2.45, 2.75) is 34.2 Å². The Bertz CT molecular complexity index is 1290. The highest BCUT2D eigenvalue weighted by molar-refractivity contribution is 5.94. The minimum atomic E-state index is -2.91. The first-order valence-electron chi connectivity index (χ1n) is 11.1. The number of alkyl halides is 2. The number of anilines is 2. The number of morpholine rings is 1. The lowest BCUT2D eigenvalue weighted by molar-refractivity contribution is 0.122. The van der Waals surface area contributed by atoms with E-state index in [9.17, 15) is 13.2 Å². The molecule has 3 heterocycles. The summed E-state index contributed by atoms with van der Waals surface area (Å²) in [7, 11) is 0. The Hall–Kier alpha value is -3.40. The quantitative estimate of drug-likeness (QED) is 0.337. The fourth-order valence-corrected chi connectivity index (χ4v) is 3.93. The van der Waals surface area contributed by atoms with Crippen LogP contribution < -0.4 is 10.2 Å². The molecule has 188 valence electrons. The molecule has 1 aliphatic heterocycles. The molecule has 0 amide bonds. The van der Waals surface area contributed by atoms with Crippen LogP contribution in [0.3, 0.4) is 0 Å². The average Bonchev–Trinajstić information content (AvgIpc) is 3.33. The van der Waals surface area contributed by atoms with Crippen LogP contribution >= 0.6 is 0 Å². The molecule has 0 bridgehead atoms. The van der Waals surface area contributed by atoms with Crippen LogP contribution in [-0.4, -0.2) is 40.7 Å². The SMILES string of the molecule is C.CC.Fc1cc2c(cc1N1CCOCC1)c(NCc1cccc(C(F)F)c1F)nc1nccn12. The van der Waals surface area contributed by atoms with E-state index in [-0.39, 0.29) is 25.4 Å². The van der Waals surface area contributed by atoms with Crippen molar-refractivity contribution < 1.29 is 22.3 Å². The molecule has 0 spiro atoms. The minimum absolute atomic E-state index is 0. The summed E-state index contributed by atoms with van der Waals surface area (Å²) in [6.07, 6.45) is 0.313. The smallest absolute Gasteiger partial charge is 0.266 e. The van der Waals surface area contributed by atoms with E-state index in [2.05, 4.69) is 15.3 Å². The standard InChI is InChI=1S/C22H19F4N5O.C2H6.CH4/c23-16-11-17-15(10-18(16)30-6-8-32-9-7-30)21(29-22-27-4-5-31(17)22)28-12-13-2-1-3-14(19(13)24)20(25)26;1-2;/h1-5,10-11,20H,6-9,12H2,(H,27,28,29);1-2H3;1H4. The van der Waals surface area contributed by atoms with E-state index in [1.807, 2.05) is 18.7 Å². The zero-order chi connectivity index (χ0) is 24.2. The van der Waals surface area contributed by atoms with Crippen LogP contribution in [0.2, 0.25) is 0 Å². The minimum Gasteiger partial charge on any atom is -0.378 e. The topological polar surface area (TPSA) is 54.7 Å². The molecule has 4 aromatic rings. The molecule has 0 atom stereocenters. The van der Waals surface area contributed by atoms with Gasteiger partial charge in [0.05, 0.1) is 30.0 Å². The number of fused-ring (bicyclic) bond motifs is 3. The lowest BCUT2D eigenvalue weighted by Crippen LogP contribution is -2.36. The summed E-state index contributed by atoms with van der Waals surface area (Å²) >= 11 is 0. The average molecular weight is 492 g/mol. The monoisotopic (exact) mass is 491 g/mol. The van der Waals surface area contributed by atoms with Gasteiger partial charge in [0.2, 0.25) is 5.78 Å². The van der Waals surface area contributed by atoms with Gasteiger partial charge in [-0.05, 0) is 6.07 Å². The third kappa shape index (κ3) is 5.17. The highest BCUT2D eigenvalue weighted by Gasteiger charge is 2.20. The molecule has 35 heavy (non-hydrogen) atoms. The Morgan fingerprint density at radius 1 is 1.11 bits per heavy atom. The molecule has 2 aromatic heterocycles. The van der Waals surface area contributed by atoms with Crippen molar-refractivity contribution in [3.8, 4) is 0 Å². The number of hydrogen-bond acceptors (Lipinski definition) is 5. The number of halogens is 4. The molecule has 6 nitrogen and oxygen atoms in total. The summed E-state index contributed by atoms with van der Waals surface area (Å²) in [6.45, 7) is 6.03. The van der Waals surface area contributed by atoms with Gasteiger partial charge in [-0.25, -0.2) is 22.5 Å². The van der Waals surface area contributed by atoms with Gasteiger partial charge in [-0.1, -0.05) is 39.5 Å². The summed E-state index contributed by atoms with van der Waals surface area (Å²) in [5.74, 6) is -0.654. The zero-order valence-corrected chi connectivity index (χ0v) is 18.9. The summed E-state index contributed by atoms with van der Waals surface area (Å²) in [4.78, 5) is 10.6. The number of nitrogens with zero attached hydrogens (tertiary/aromatic N) is 4. The highest BCUT2D eigenvalue weighted by Crippen LogP contribution is 2.32. The van der Waals surface area contributed by atoms with Crippen molar-refractivity contribution in [2.24, 2.45) is 0 Å². The van der Waals surface area contributed by atoms with Crippen LogP contribution in [0.4, 0.5) is 29.1 Å². The molecule has 1 saturated heterocycles. The summed E-state index contributed by atoms with van der Waals surface area (Å²) in [6, 6.07) is 6.99. The first kappa shape index (κ1) is 26.2. The van der Waals surface area contributed by atoms with Gasteiger partial charge < -0.3 is 15.0 Å². The molecule has 0 radical (unpaired) electrons.